The van der Waals surface area contributed by atoms with Crippen molar-refractivity contribution in [2.24, 2.45) is 0 Å². The summed E-state index contributed by atoms with van der Waals surface area (Å²) >= 11 is 0. The van der Waals surface area contributed by atoms with Gasteiger partial charge in [0.2, 0.25) is 15.9 Å². The molecule has 8 nitrogen and oxygen atoms in total. The fourth-order valence-electron chi connectivity index (χ4n) is 5.11. The molecule has 5 aromatic carbocycles. The van der Waals surface area contributed by atoms with Gasteiger partial charge in [-0.15, -0.1) is 0 Å². The predicted molar refractivity (Wildman–Crippen MR) is 179 cm³/mol. The van der Waals surface area contributed by atoms with Crippen LogP contribution in [0.25, 0.3) is 22.3 Å². The van der Waals surface area contributed by atoms with Crippen LogP contribution in [0.2, 0.25) is 0 Å². The summed E-state index contributed by atoms with van der Waals surface area (Å²) in [5, 5.41) is 19.7. The molecule has 0 saturated heterocycles. The fraction of sp³-hybridized carbons (Fsp3) is 0.135. The molecule has 0 spiro atoms. The number of nitrogens with zero attached hydrogens (tertiary/aromatic N) is 2. The first kappa shape index (κ1) is 32.2. The molecule has 0 unspecified atom stereocenters. The first-order valence-electron chi connectivity index (χ1n) is 14.6. The molecular formula is C37H34N2O6S. The number of aryl methyl sites for hydroxylation is 2. The number of hydrogen-bond donors (Lipinski definition) is 2. The van der Waals surface area contributed by atoms with Crippen molar-refractivity contribution in [3.8, 4) is 28.0 Å². The van der Waals surface area contributed by atoms with Gasteiger partial charge in [0, 0.05) is 18.8 Å². The van der Waals surface area contributed by atoms with Gasteiger partial charge < -0.3 is 15.1 Å². The Balaban J connectivity index is 1.39. The van der Waals surface area contributed by atoms with Gasteiger partial charge in [-0.3, -0.25) is 4.79 Å². The maximum absolute atomic E-state index is 13.7. The van der Waals surface area contributed by atoms with Gasteiger partial charge in [0.05, 0.1) is 18.0 Å². The van der Waals surface area contributed by atoms with Crippen LogP contribution in [-0.4, -0.2) is 48.4 Å². The smallest absolute Gasteiger partial charge is 0.339 e. The molecule has 0 heterocycles. The number of carbonyl (C=O) groups is 2. The molecule has 0 fully saturated rings. The Kier molecular flexibility index (Phi) is 9.36. The number of aromatic carboxylic acids is 1. The number of carbonyl (C=O) groups excluding carboxylic acids is 1. The Morgan fingerprint density at radius 3 is 1.85 bits per heavy atom. The minimum atomic E-state index is -3.97. The van der Waals surface area contributed by atoms with Gasteiger partial charge in [0.15, 0.2) is 0 Å². The van der Waals surface area contributed by atoms with Gasteiger partial charge in [-0.25, -0.2) is 13.2 Å². The Morgan fingerprint density at radius 1 is 0.696 bits per heavy atom. The van der Waals surface area contributed by atoms with Crippen LogP contribution in [0.5, 0.6) is 5.75 Å². The SMILES string of the molecule is Cc1ccc(S(=O)(=O)N(C)CC(=O)N(Cc2ccc(-c3ccc(-c4cccc(C)c4)cc3)cc2)c2ccc(C(=O)O)c(O)c2)cc1. The van der Waals surface area contributed by atoms with Crippen molar-refractivity contribution in [2.75, 3.05) is 18.5 Å². The lowest BCUT2D eigenvalue weighted by Crippen LogP contribution is -2.41. The van der Waals surface area contributed by atoms with E-state index in [1.54, 1.807) is 12.1 Å². The van der Waals surface area contributed by atoms with Gasteiger partial charge in [-0.05, 0) is 65.9 Å². The Bertz CT molecular complexity index is 1990. The first-order chi connectivity index (χ1) is 21.9. The van der Waals surface area contributed by atoms with Gasteiger partial charge >= 0.3 is 5.97 Å². The average Bonchev–Trinajstić information content (AvgIpc) is 3.04. The molecule has 5 aromatic rings. The average molecular weight is 635 g/mol. The third-order valence-corrected chi connectivity index (χ3v) is 9.59. The Labute approximate surface area is 268 Å². The molecule has 9 heteroatoms. The number of carboxylic acid groups (broad SMARTS) is 1. The summed E-state index contributed by atoms with van der Waals surface area (Å²) in [6.45, 7) is 3.48. The number of sulfonamides is 1. The minimum absolute atomic E-state index is 0.0513. The molecule has 0 atom stereocenters. The van der Waals surface area contributed by atoms with E-state index in [0.717, 1.165) is 37.7 Å². The van der Waals surface area contributed by atoms with E-state index in [1.807, 2.05) is 37.3 Å². The fourth-order valence-corrected chi connectivity index (χ4v) is 6.23. The second-order valence-corrected chi connectivity index (χ2v) is 13.2. The van der Waals surface area contributed by atoms with Crippen LogP contribution in [0.1, 0.15) is 27.0 Å². The lowest BCUT2D eigenvalue weighted by molar-refractivity contribution is -0.118. The predicted octanol–water partition coefficient (Wildman–Crippen LogP) is 6.90. The number of likely N-dealkylation sites (N-methyl/N-ethyl adjacent to an activating group) is 1. The molecular weight excluding hydrogens is 600 g/mol. The summed E-state index contributed by atoms with van der Waals surface area (Å²) in [7, 11) is -2.64. The molecule has 46 heavy (non-hydrogen) atoms. The van der Waals surface area contributed by atoms with Crippen molar-refractivity contribution in [3.63, 3.8) is 0 Å². The Morgan fingerprint density at radius 2 is 1.28 bits per heavy atom. The molecule has 5 rings (SSSR count). The number of amides is 1. The number of benzene rings is 5. The van der Waals surface area contributed by atoms with Crippen LogP contribution in [0.3, 0.4) is 0 Å². The van der Waals surface area contributed by atoms with Crippen molar-refractivity contribution in [1.82, 2.24) is 4.31 Å². The quantitative estimate of drug-likeness (QED) is 0.173. The van der Waals surface area contributed by atoms with E-state index >= 15 is 0 Å². The van der Waals surface area contributed by atoms with Gasteiger partial charge in [0.25, 0.3) is 0 Å². The van der Waals surface area contributed by atoms with Gasteiger partial charge in [-0.2, -0.15) is 4.31 Å². The molecule has 0 aliphatic rings. The number of phenols is 1. The third-order valence-electron chi connectivity index (χ3n) is 7.78. The van der Waals surface area contributed by atoms with Crippen molar-refractivity contribution >= 4 is 27.6 Å². The lowest BCUT2D eigenvalue weighted by Gasteiger charge is -2.26. The van der Waals surface area contributed by atoms with Crippen LogP contribution in [0.4, 0.5) is 5.69 Å². The van der Waals surface area contributed by atoms with E-state index in [1.165, 1.54) is 47.8 Å². The zero-order valence-corrected chi connectivity index (χ0v) is 26.5. The van der Waals surface area contributed by atoms with Crippen LogP contribution in [0, 0.1) is 13.8 Å². The topological polar surface area (TPSA) is 115 Å². The van der Waals surface area contributed by atoms with E-state index in [9.17, 15) is 28.2 Å². The van der Waals surface area contributed by atoms with Crippen molar-refractivity contribution < 1.29 is 28.2 Å². The number of aromatic hydroxyl groups is 1. The zero-order valence-electron chi connectivity index (χ0n) is 25.7. The van der Waals surface area contributed by atoms with E-state index in [4.69, 9.17) is 0 Å². The highest BCUT2D eigenvalue weighted by Crippen LogP contribution is 2.29. The van der Waals surface area contributed by atoms with Gasteiger partial charge in [0.1, 0.15) is 11.3 Å². The first-order valence-corrected chi connectivity index (χ1v) is 16.0. The van der Waals surface area contributed by atoms with E-state index < -0.39 is 34.2 Å². The molecule has 1 amide bonds. The number of carboxylic acids is 1. The maximum atomic E-state index is 13.7. The molecule has 2 N–H and O–H groups in total. The van der Waals surface area contributed by atoms with Gasteiger partial charge in [-0.1, -0.05) is 96.1 Å². The van der Waals surface area contributed by atoms with Crippen molar-refractivity contribution in [2.45, 2.75) is 25.3 Å². The van der Waals surface area contributed by atoms with Crippen molar-refractivity contribution in [3.05, 3.63) is 138 Å². The lowest BCUT2D eigenvalue weighted by atomic mass is 9.99. The van der Waals surface area contributed by atoms with E-state index in [-0.39, 0.29) is 22.7 Å². The normalized spacial score (nSPS) is 11.4. The van der Waals surface area contributed by atoms with Crippen LogP contribution in [-0.2, 0) is 21.4 Å². The maximum Gasteiger partial charge on any atom is 0.339 e. The van der Waals surface area contributed by atoms with Crippen LogP contribution in [0.15, 0.2) is 120 Å². The molecule has 0 aliphatic heterocycles. The summed E-state index contributed by atoms with van der Waals surface area (Å²) in [5.41, 5.74) is 7.02. The third kappa shape index (κ3) is 7.17. The molecule has 0 aliphatic carbocycles. The molecule has 0 bridgehead atoms. The highest BCUT2D eigenvalue weighted by atomic mass is 32.2. The standard InChI is InChI=1S/C37H34N2O6S/c1-25-7-18-33(19-8-25)46(44,45)38(3)24-36(41)39(32-17-20-34(37(42)43)35(40)22-32)23-27-9-11-28(12-10-27)29-13-15-30(16-14-29)31-6-4-5-26(2)21-31/h4-22,40H,23-24H2,1-3H3,(H,42,43). The van der Waals surface area contributed by atoms with E-state index in [2.05, 4.69) is 49.4 Å². The summed E-state index contributed by atoms with van der Waals surface area (Å²) in [5.74, 6) is -2.38. The van der Waals surface area contributed by atoms with Crippen molar-refractivity contribution in [1.29, 1.82) is 0 Å². The summed E-state index contributed by atoms with van der Waals surface area (Å²) < 4.78 is 27.4. The number of rotatable bonds is 10. The van der Waals surface area contributed by atoms with Crippen LogP contribution >= 0.6 is 0 Å². The molecule has 234 valence electrons. The highest BCUT2D eigenvalue weighted by molar-refractivity contribution is 7.89. The molecule has 0 radical (unpaired) electrons. The molecule has 0 aromatic heterocycles. The minimum Gasteiger partial charge on any atom is -0.507 e. The highest BCUT2D eigenvalue weighted by Gasteiger charge is 2.27. The summed E-state index contributed by atoms with van der Waals surface area (Å²) in [6.07, 6.45) is 0. The number of anilines is 1. The summed E-state index contributed by atoms with van der Waals surface area (Å²) in [6, 6.07) is 34.4. The summed E-state index contributed by atoms with van der Waals surface area (Å²) in [4.78, 5) is 26.6. The second kappa shape index (κ2) is 13.4. The van der Waals surface area contributed by atoms with E-state index in [0.29, 0.717) is 0 Å². The monoisotopic (exact) mass is 634 g/mol. The Hall–Kier alpha value is -5.25. The van der Waals surface area contributed by atoms with Crippen LogP contribution < -0.4 is 4.90 Å². The number of hydrogen-bond acceptors (Lipinski definition) is 5. The second-order valence-electron chi connectivity index (χ2n) is 11.2. The zero-order chi connectivity index (χ0) is 33.0. The largest absolute Gasteiger partial charge is 0.507 e. The molecule has 0 saturated carbocycles.